The van der Waals surface area contributed by atoms with E-state index in [2.05, 4.69) is 15.5 Å². The minimum atomic E-state index is -0.334. The average Bonchev–Trinajstić information content (AvgIpc) is 2.77. The van der Waals surface area contributed by atoms with Crippen molar-refractivity contribution in [3.8, 4) is 0 Å². The predicted molar refractivity (Wildman–Crippen MR) is 68.8 cm³/mol. The Morgan fingerprint density at radius 1 is 1.40 bits per heavy atom. The number of amides is 2. The second-order valence-corrected chi connectivity index (χ2v) is 4.72. The van der Waals surface area contributed by atoms with Gasteiger partial charge in [-0.2, -0.15) is 4.98 Å². The Balaban J connectivity index is 1.54. The fraction of sp³-hybridized carbons (Fsp3) is 0.308. The molecular formula is C13H13FN4O2. The van der Waals surface area contributed by atoms with Crippen LogP contribution in [0.2, 0.25) is 0 Å². The molecule has 1 aromatic carbocycles. The minimum absolute atomic E-state index is 0.0927. The van der Waals surface area contributed by atoms with Crippen LogP contribution in [0.1, 0.15) is 17.6 Å². The van der Waals surface area contributed by atoms with Gasteiger partial charge in [0, 0.05) is 18.8 Å². The van der Waals surface area contributed by atoms with Gasteiger partial charge in [0.05, 0.1) is 5.92 Å². The molecule has 1 N–H and O–H groups in total. The summed E-state index contributed by atoms with van der Waals surface area (Å²) in [5, 5.41) is 6.43. The van der Waals surface area contributed by atoms with E-state index in [1.165, 1.54) is 24.3 Å². The van der Waals surface area contributed by atoms with Crippen LogP contribution in [0.15, 0.2) is 28.8 Å². The summed E-state index contributed by atoms with van der Waals surface area (Å²) in [5.74, 6) is 0.913. The van der Waals surface area contributed by atoms with Crippen LogP contribution < -0.4 is 5.32 Å². The number of urea groups is 1. The van der Waals surface area contributed by atoms with Crippen molar-refractivity contribution in [2.45, 2.75) is 12.8 Å². The second kappa shape index (κ2) is 4.92. The summed E-state index contributed by atoms with van der Waals surface area (Å²) in [5.41, 5.74) is 0.563. The van der Waals surface area contributed by atoms with E-state index in [9.17, 15) is 9.18 Å². The van der Waals surface area contributed by atoms with Crippen molar-refractivity contribution < 1.29 is 13.7 Å². The Hall–Kier alpha value is -2.44. The molecule has 1 fully saturated rings. The first-order valence-corrected chi connectivity index (χ1v) is 6.23. The number of aromatic nitrogens is 2. The zero-order valence-electron chi connectivity index (χ0n) is 10.8. The van der Waals surface area contributed by atoms with E-state index in [-0.39, 0.29) is 17.8 Å². The Morgan fingerprint density at radius 3 is 2.70 bits per heavy atom. The number of hydrogen-bond donors (Lipinski definition) is 1. The number of rotatable bonds is 2. The number of halogens is 1. The van der Waals surface area contributed by atoms with Crippen LogP contribution in [0.25, 0.3) is 0 Å². The first-order valence-electron chi connectivity index (χ1n) is 6.23. The molecule has 7 heteroatoms. The van der Waals surface area contributed by atoms with Crippen molar-refractivity contribution in [2.75, 3.05) is 18.4 Å². The highest BCUT2D eigenvalue weighted by Gasteiger charge is 2.35. The average molecular weight is 276 g/mol. The number of nitrogens with one attached hydrogen (secondary N) is 1. The van der Waals surface area contributed by atoms with Gasteiger partial charge in [-0.1, -0.05) is 5.16 Å². The maximum absolute atomic E-state index is 12.8. The first-order chi connectivity index (χ1) is 9.61. The number of nitrogens with zero attached hydrogens (tertiary/aromatic N) is 3. The molecule has 0 unspecified atom stereocenters. The zero-order chi connectivity index (χ0) is 14.1. The number of hydrogen-bond acceptors (Lipinski definition) is 4. The lowest BCUT2D eigenvalue weighted by atomic mass is 10.0. The number of carbonyl (C=O) groups excluding carboxylic acids is 1. The third-order valence-electron chi connectivity index (χ3n) is 3.16. The minimum Gasteiger partial charge on any atom is -0.339 e. The van der Waals surface area contributed by atoms with Crippen molar-refractivity contribution in [1.82, 2.24) is 15.0 Å². The van der Waals surface area contributed by atoms with E-state index in [4.69, 9.17) is 4.52 Å². The van der Waals surface area contributed by atoms with Crippen LogP contribution in [-0.2, 0) is 0 Å². The van der Waals surface area contributed by atoms with Crippen LogP contribution in [-0.4, -0.2) is 34.2 Å². The third-order valence-corrected chi connectivity index (χ3v) is 3.16. The van der Waals surface area contributed by atoms with Gasteiger partial charge in [0.25, 0.3) is 0 Å². The monoisotopic (exact) mass is 276 g/mol. The number of aryl methyl sites for hydroxylation is 1. The van der Waals surface area contributed by atoms with Gasteiger partial charge < -0.3 is 14.7 Å². The number of anilines is 1. The van der Waals surface area contributed by atoms with Crippen LogP contribution in [0.3, 0.4) is 0 Å². The van der Waals surface area contributed by atoms with E-state index in [0.717, 1.165) is 0 Å². The number of carbonyl (C=O) groups is 1. The van der Waals surface area contributed by atoms with Crippen LogP contribution >= 0.6 is 0 Å². The van der Waals surface area contributed by atoms with Crippen LogP contribution in [0.5, 0.6) is 0 Å². The molecule has 6 nitrogen and oxygen atoms in total. The van der Waals surface area contributed by atoms with Gasteiger partial charge in [-0.3, -0.25) is 0 Å². The molecule has 1 aromatic heterocycles. The van der Waals surface area contributed by atoms with Gasteiger partial charge in [-0.05, 0) is 31.2 Å². The van der Waals surface area contributed by atoms with Crippen molar-refractivity contribution in [3.63, 3.8) is 0 Å². The molecular weight excluding hydrogens is 263 g/mol. The van der Waals surface area contributed by atoms with Gasteiger partial charge in [-0.15, -0.1) is 0 Å². The summed E-state index contributed by atoms with van der Waals surface area (Å²) in [7, 11) is 0. The molecule has 1 aliphatic rings. The molecule has 0 bridgehead atoms. The van der Waals surface area contributed by atoms with Gasteiger partial charge >= 0.3 is 6.03 Å². The smallest absolute Gasteiger partial charge is 0.321 e. The molecule has 2 heterocycles. The zero-order valence-corrected chi connectivity index (χ0v) is 10.8. The molecule has 1 saturated heterocycles. The lowest BCUT2D eigenvalue weighted by molar-refractivity contribution is 0.147. The lowest BCUT2D eigenvalue weighted by Crippen LogP contribution is -2.50. The van der Waals surface area contributed by atoms with E-state index in [1.54, 1.807) is 11.8 Å². The third kappa shape index (κ3) is 2.47. The molecule has 0 atom stereocenters. The molecule has 0 spiro atoms. The van der Waals surface area contributed by atoms with Gasteiger partial charge in [0.1, 0.15) is 5.82 Å². The van der Waals surface area contributed by atoms with Crippen molar-refractivity contribution in [2.24, 2.45) is 0 Å². The summed E-state index contributed by atoms with van der Waals surface area (Å²) < 4.78 is 17.8. The molecule has 0 radical (unpaired) electrons. The standard InChI is InChI=1S/C13H13FN4O2/c1-8-15-12(20-17-8)9-6-18(7-9)13(19)16-11-4-2-10(14)3-5-11/h2-5,9H,6-7H2,1H3,(H,16,19). The normalized spacial score (nSPS) is 15.0. The molecule has 0 saturated carbocycles. The fourth-order valence-electron chi connectivity index (χ4n) is 2.02. The van der Waals surface area contributed by atoms with Crippen molar-refractivity contribution >= 4 is 11.7 Å². The number of benzene rings is 1. The highest BCUT2D eigenvalue weighted by Crippen LogP contribution is 2.26. The van der Waals surface area contributed by atoms with E-state index >= 15 is 0 Å². The predicted octanol–water partition coefficient (Wildman–Crippen LogP) is 2.15. The van der Waals surface area contributed by atoms with E-state index < -0.39 is 0 Å². The Kier molecular flexibility index (Phi) is 3.09. The summed E-state index contributed by atoms with van der Waals surface area (Å²) in [4.78, 5) is 17.7. The number of likely N-dealkylation sites (tertiary alicyclic amines) is 1. The van der Waals surface area contributed by atoms with Crippen LogP contribution in [0, 0.1) is 12.7 Å². The topological polar surface area (TPSA) is 71.3 Å². The highest BCUT2D eigenvalue weighted by atomic mass is 19.1. The van der Waals surface area contributed by atoms with Gasteiger partial charge in [-0.25, -0.2) is 9.18 Å². The second-order valence-electron chi connectivity index (χ2n) is 4.72. The maximum Gasteiger partial charge on any atom is 0.321 e. The Labute approximate surface area is 114 Å². The molecule has 3 rings (SSSR count). The summed E-state index contributed by atoms with van der Waals surface area (Å²) in [6, 6.07) is 5.42. The lowest BCUT2D eigenvalue weighted by Gasteiger charge is -2.36. The SMILES string of the molecule is Cc1noc(C2CN(C(=O)Nc3ccc(F)cc3)C2)n1. The first kappa shape index (κ1) is 12.6. The van der Waals surface area contributed by atoms with Gasteiger partial charge in [0.15, 0.2) is 5.82 Å². The largest absolute Gasteiger partial charge is 0.339 e. The molecule has 2 aromatic rings. The fourth-order valence-corrected chi connectivity index (χ4v) is 2.02. The Bertz CT molecular complexity index is 620. The molecule has 20 heavy (non-hydrogen) atoms. The Morgan fingerprint density at radius 2 is 2.10 bits per heavy atom. The quantitative estimate of drug-likeness (QED) is 0.912. The summed E-state index contributed by atoms with van der Waals surface area (Å²) in [6.07, 6.45) is 0. The van der Waals surface area contributed by atoms with E-state index in [0.29, 0.717) is 30.5 Å². The molecule has 0 aliphatic carbocycles. The highest BCUT2D eigenvalue weighted by molar-refractivity contribution is 5.89. The van der Waals surface area contributed by atoms with Crippen molar-refractivity contribution in [1.29, 1.82) is 0 Å². The van der Waals surface area contributed by atoms with Crippen molar-refractivity contribution in [3.05, 3.63) is 41.8 Å². The summed E-state index contributed by atoms with van der Waals surface area (Å²) >= 11 is 0. The van der Waals surface area contributed by atoms with Crippen LogP contribution in [0.4, 0.5) is 14.9 Å². The molecule has 1 aliphatic heterocycles. The summed E-state index contributed by atoms with van der Waals surface area (Å²) in [6.45, 7) is 2.83. The maximum atomic E-state index is 12.8. The molecule has 2 amide bonds. The van der Waals surface area contributed by atoms with Gasteiger partial charge in [0.2, 0.25) is 5.89 Å². The molecule has 104 valence electrons. The van der Waals surface area contributed by atoms with E-state index in [1.807, 2.05) is 0 Å².